The summed E-state index contributed by atoms with van der Waals surface area (Å²) in [5.74, 6) is 1.10. The van der Waals surface area contributed by atoms with Crippen molar-refractivity contribution in [2.45, 2.75) is 51.6 Å². The van der Waals surface area contributed by atoms with Gasteiger partial charge in [0.25, 0.3) is 5.91 Å². The predicted octanol–water partition coefficient (Wildman–Crippen LogP) is 2.03. The summed E-state index contributed by atoms with van der Waals surface area (Å²) in [5, 5.41) is 3.01. The van der Waals surface area contributed by atoms with Crippen LogP contribution in [0.25, 0.3) is 0 Å². The highest BCUT2D eigenvalue weighted by molar-refractivity contribution is 7.88. The molecule has 2 atom stereocenters. The van der Waals surface area contributed by atoms with Crippen molar-refractivity contribution in [3.8, 4) is 0 Å². The van der Waals surface area contributed by atoms with Crippen molar-refractivity contribution in [3.05, 3.63) is 23.7 Å². The number of furan rings is 1. The molecule has 2 rings (SSSR count). The van der Waals surface area contributed by atoms with Crippen molar-refractivity contribution < 1.29 is 17.6 Å². The zero-order valence-corrected chi connectivity index (χ0v) is 13.9. The van der Waals surface area contributed by atoms with Crippen molar-refractivity contribution in [1.82, 2.24) is 10.0 Å². The van der Waals surface area contributed by atoms with E-state index in [1.165, 1.54) is 6.42 Å². The minimum Gasteiger partial charge on any atom is -0.455 e. The van der Waals surface area contributed by atoms with E-state index < -0.39 is 10.0 Å². The average Bonchev–Trinajstić information content (AvgIpc) is 2.94. The lowest BCUT2D eigenvalue weighted by molar-refractivity contribution is 0.0889. The first-order chi connectivity index (χ1) is 10.4. The van der Waals surface area contributed by atoms with E-state index >= 15 is 0 Å². The molecule has 1 heterocycles. The zero-order chi connectivity index (χ0) is 16.2. The molecule has 1 aliphatic rings. The van der Waals surface area contributed by atoms with Crippen LogP contribution in [0.15, 0.2) is 16.5 Å². The SMILES string of the molecule is CC[C@H]1CCC[C@H](NC(=O)c2ccc(CNS(C)(=O)=O)o2)C1. The molecule has 6 nitrogen and oxygen atoms in total. The molecule has 1 aliphatic carbocycles. The maximum Gasteiger partial charge on any atom is 0.287 e. The molecule has 1 aromatic rings. The number of carbonyl (C=O) groups excluding carboxylic acids is 1. The van der Waals surface area contributed by atoms with Gasteiger partial charge in [-0.2, -0.15) is 0 Å². The molecule has 0 saturated heterocycles. The van der Waals surface area contributed by atoms with E-state index in [1.807, 2.05) is 0 Å². The van der Waals surface area contributed by atoms with Gasteiger partial charge in [-0.3, -0.25) is 4.79 Å². The van der Waals surface area contributed by atoms with E-state index in [-0.39, 0.29) is 24.3 Å². The first-order valence-corrected chi connectivity index (χ1v) is 9.60. The highest BCUT2D eigenvalue weighted by Crippen LogP contribution is 2.26. The molecule has 0 unspecified atom stereocenters. The van der Waals surface area contributed by atoms with E-state index in [1.54, 1.807) is 12.1 Å². The Morgan fingerprint density at radius 2 is 2.14 bits per heavy atom. The van der Waals surface area contributed by atoms with Crippen molar-refractivity contribution in [1.29, 1.82) is 0 Å². The molecule has 1 fully saturated rings. The van der Waals surface area contributed by atoms with Gasteiger partial charge in [0, 0.05) is 6.04 Å². The van der Waals surface area contributed by atoms with Crippen LogP contribution < -0.4 is 10.0 Å². The molecule has 22 heavy (non-hydrogen) atoms. The summed E-state index contributed by atoms with van der Waals surface area (Å²) in [6, 6.07) is 3.39. The van der Waals surface area contributed by atoms with Gasteiger partial charge in [-0.25, -0.2) is 13.1 Å². The molecule has 1 amide bonds. The summed E-state index contributed by atoms with van der Waals surface area (Å²) >= 11 is 0. The van der Waals surface area contributed by atoms with Crippen LogP contribution in [0.1, 0.15) is 55.3 Å². The molecule has 7 heteroatoms. The Balaban J connectivity index is 1.89. The van der Waals surface area contributed by atoms with Crippen LogP contribution in [0.3, 0.4) is 0 Å². The first kappa shape index (κ1) is 17.0. The van der Waals surface area contributed by atoms with E-state index in [9.17, 15) is 13.2 Å². The number of amides is 1. The lowest BCUT2D eigenvalue weighted by atomic mass is 9.84. The summed E-state index contributed by atoms with van der Waals surface area (Å²) in [7, 11) is -3.28. The summed E-state index contributed by atoms with van der Waals surface area (Å²) in [4.78, 5) is 12.2. The molecule has 0 aliphatic heterocycles. The number of nitrogens with one attached hydrogen (secondary N) is 2. The number of sulfonamides is 1. The number of carbonyl (C=O) groups is 1. The quantitative estimate of drug-likeness (QED) is 0.836. The lowest BCUT2D eigenvalue weighted by Crippen LogP contribution is -2.38. The summed E-state index contributed by atoms with van der Waals surface area (Å²) in [5.41, 5.74) is 0. The molecule has 2 N–H and O–H groups in total. The van der Waals surface area contributed by atoms with Crippen LogP contribution in [-0.4, -0.2) is 26.6 Å². The van der Waals surface area contributed by atoms with Gasteiger partial charge in [0.2, 0.25) is 10.0 Å². The van der Waals surface area contributed by atoms with Crippen molar-refractivity contribution in [2.75, 3.05) is 6.26 Å². The molecule has 0 spiro atoms. The van der Waals surface area contributed by atoms with E-state index in [4.69, 9.17) is 4.42 Å². The Labute approximate surface area is 131 Å². The second-order valence-corrected chi connectivity index (χ2v) is 7.80. The highest BCUT2D eigenvalue weighted by Gasteiger charge is 2.23. The summed E-state index contributed by atoms with van der Waals surface area (Å²) < 4.78 is 29.8. The molecule has 124 valence electrons. The molecule has 0 bridgehead atoms. The number of hydrogen-bond acceptors (Lipinski definition) is 4. The highest BCUT2D eigenvalue weighted by atomic mass is 32.2. The fourth-order valence-corrected chi connectivity index (χ4v) is 3.25. The third-order valence-electron chi connectivity index (χ3n) is 4.09. The normalized spacial score (nSPS) is 22.5. The van der Waals surface area contributed by atoms with E-state index in [2.05, 4.69) is 17.0 Å². The zero-order valence-electron chi connectivity index (χ0n) is 13.1. The van der Waals surface area contributed by atoms with Crippen LogP contribution in [0.2, 0.25) is 0 Å². The van der Waals surface area contributed by atoms with Crippen LogP contribution in [0.5, 0.6) is 0 Å². The Hall–Kier alpha value is -1.34. The maximum atomic E-state index is 12.2. The van der Waals surface area contributed by atoms with Crippen molar-refractivity contribution in [3.63, 3.8) is 0 Å². The molecule has 0 radical (unpaired) electrons. The van der Waals surface area contributed by atoms with Crippen LogP contribution in [0.4, 0.5) is 0 Å². The van der Waals surface area contributed by atoms with Gasteiger partial charge < -0.3 is 9.73 Å². The molecule has 1 aromatic heterocycles. The number of hydrogen-bond donors (Lipinski definition) is 2. The number of rotatable bonds is 6. The smallest absolute Gasteiger partial charge is 0.287 e. The minimum atomic E-state index is -3.28. The average molecular weight is 328 g/mol. The van der Waals surface area contributed by atoms with Gasteiger partial charge in [-0.15, -0.1) is 0 Å². The van der Waals surface area contributed by atoms with Crippen molar-refractivity contribution in [2.24, 2.45) is 5.92 Å². The van der Waals surface area contributed by atoms with Gasteiger partial charge >= 0.3 is 0 Å². The summed E-state index contributed by atoms with van der Waals surface area (Å²) in [6.07, 6.45) is 6.64. The van der Waals surface area contributed by atoms with E-state index in [0.717, 1.165) is 31.9 Å². The monoisotopic (exact) mass is 328 g/mol. The van der Waals surface area contributed by atoms with Crippen LogP contribution in [0, 0.1) is 5.92 Å². The van der Waals surface area contributed by atoms with Crippen LogP contribution in [-0.2, 0) is 16.6 Å². The summed E-state index contributed by atoms with van der Waals surface area (Å²) in [6.45, 7) is 2.23. The second kappa shape index (κ2) is 7.28. The fraction of sp³-hybridized carbons (Fsp3) is 0.667. The van der Waals surface area contributed by atoms with Gasteiger partial charge in [0.05, 0.1) is 12.8 Å². The van der Waals surface area contributed by atoms with Gasteiger partial charge in [-0.1, -0.05) is 26.2 Å². The molecule has 1 saturated carbocycles. The fourth-order valence-electron chi connectivity index (χ4n) is 2.85. The van der Waals surface area contributed by atoms with Crippen LogP contribution >= 0.6 is 0 Å². The van der Waals surface area contributed by atoms with Crippen molar-refractivity contribution >= 4 is 15.9 Å². The molecular formula is C15H24N2O4S. The minimum absolute atomic E-state index is 0.0491. The standard InChI is InChI=1S/C15H24N2O4S/c1-3-11-5-4-6-12(9-11)17-15(18)14-8-7-13(21-14)10-16-22(2,19)20/h7-8,11-12,16H,3-6,9-10H2,1-2H3,(H,17,18)/t11-,12-/m0/s1. The Kier molecular flexibility index (Phi) is 5.63. The van der Waals surface area contributed by atoms with E-state index in [0.29, 0.717) is 11.7 Å². The first-order valence-electron chi connectivity index (χ1n) is 7.71. The Bertz CT molecular complexity index is 609. The molecular weight excluding hydrogens is 304 g/mol. The third-order valence-corrected chi connectivity index (χ3v) is 4.76. The largest absolute Gasteiger partial charge is 0.455 e. The Morgan fingerprint density at radius 3 is 2.82 bits per heavy atom. The second-order valence-electron chi connectivity index (χ2n) is 5.97. The van der Waals surface area contributed by atoms with Gasteiger partial charge in [-0.05, 0) is 30.9 Å². The topological polar surface area (TPSA) is 88.4 Å². The maximum absolute atomic E-state index is 12.2. The van der Waals surface area contributed by atoms with Gasteiger partial charge in [0.1, 0.15) is 5.76 Å². The van der Waals surface area contributed by atoms with Gasteiger partial charge in [0.15, 0.2) is 5.76 Å². The predicted molar refractivity (Wildman–Crippen MR) is 83.9 cm³/mol. The lowest BCUT2D eigenvalue weighted by Gasteiger charge is -2.28. The third kappa shape index (κ3) is 5.14. The molecule has 0 aromatic carbocycles. The Morgan fingerprint density at radius 1 is 1.36 bits per heavy atom.